The molecule has 0 radical (unpaired) electrons. The molecule has 1 aromatic carbocycles. The lowest BCUT2D eigenvalue weighted by Gasteiger charge is -2.14. The molecule has 1 aromatic heterocycles. The smallest absolute Gasteiger partial charge is 0.126 e. The van der Waals surface area contributed by atoms with E-state index in [9.17, 15) is 13.9 Å². The number of benzene rings is 1. The van der Waals surface area contributed by atoms with Gasteiger partial charge in [0.2, 0.25) is 0 Å². The third-order valence-electron chi connectivity index (χ3n) is 3.10. The Morgan fingerprint density at radius 1 is 1.25 bits per heavy atom. The molecule has 0 aliphatic rings. The molecule has 2 rings (SSSR count). The molecular weight excluding hydrogens is 378 g/mol. The Morgan fingerprint density at radius 3 is 2.46 bits per heavy atom. The first-order valence-corrected chi connectivity index (χ1v) is 8.06. The fourth-order valence-corrected chi connectivity index (χ4v) is 2.60. The van der Waals surface area contributed by atoms with E-state index in [1.165, 1.54) is 12.1 Å². The predicted molar refractivity (Wildman–Crippen MR) is 92.1 cm³/mol. The van der Waals surface area contributed by atoms with Gasteiger partial charge in [-0.3, -0.25) is 0 Å². The van der Waals surface area contributed by atoms with E-state index in [0.29, 0.717) is 21.4 Å². The third-order valence-corrected chi connectivity index (χ3v) is 3.77. The number of rotatable bonds is 3. The second-order valence-electron chi connectivity index (χ2n) is 5.96. The Hall–Kier alpha value is -1.81. The highest BCUT2D eigenvalue weighted by atomic mass is 79.9. The van der Waals surface area contributed by atoms with Crippen LogP contribution >= 0.6 is 15.9 Å². The zero-order valence-corrected chi connectivity index (χ0v) is 14.9. The van der Waals surface area contributed by atoms with E-state index in [2.05, 4.69) is 32.8 Å². The van der Waals surface area contributed by atoms with E-state index in [1.54, 1.807) is 26.0 Å². The molecule has 1 unspecified atom stereocenters. The number of aromatic nitrogens is 1. The number of halogens is 3. The van der Waals surface area contributed by atoms with Gasteiger partial charge in [-0.1, -0.05) is 5.92 Å². The summed E-state index contributed by atoms with van der Waals surface area (Å²) in [5.41, 5.74) is 6.45. The number of nitrogens with zero attached hydrogens (tertiary/aromatic N) is 1. The molecule has 0 amide bonds. The predicted octanol–water partition coefficient (Wildman–Crippen LogP) is 3.49. The average Bonchev–Trinajstić information content (AvgIpc) is 2.44. The van der Waals surface area contributed by atoms with E-state index >= 15 is 0 Å². The van der Waals surface area contributed by atoms with Crippen molar-refractivity contribution in [3.8, 4) is 11.8 Å². The Kier molecular flexibility index (Phi) is 5.70. The van der Waals surface area contributed by atoms with E-state index in [-0.39, 0.29) is 6.42 Å². The van der Waals surface area contributed by atoms with Gasteiger partial charge >= 0.3 is 0 Å². The average molecular weight is 395 g/mol. The molecule has 0 bridgehead atoms. The van der Waals surface area contributed by atoms with Crippen molar-refractivity contribution in [2.75, 3.05) is 0 Å². The number of hydrogen-bond donors (Lipinski definition) is 2. The highest BCUT2D eigenvalue weighted by Crippen LogP contribution is 2.24. The van der Waals surface area contributed by atoms with Crippen LogP contribution in [0.15, 0.2) is 34.8 Å². The SMILES string of the molecule is CC(C)(O)C#Cc1ccc(Br)c(C(N)Cc2cc(F)cc(F)c2)n1. The van der Waals surface area contributed by atoms with Crippen molar-refractivity contribution >= 4 is 15.9 Å². The van der Waals surface area contributed by atoms with Gasteiger partial charge in [-0.15, -0.1) is 0 Å². The highest BCUT2D eigenvalue weighted by molar-refractivity contribution is 9.10. The molecule has 0 aliphatic heterocycles. The summed E-state index contributed by atoms with van der Waals surface area (Å²) in [7, 11) is 0. The quantitative estimate of drug-likeness (QED) is 0.783. The van der Waals surface area contributed by atoms with Crippen molar-refractivity contribution in [2.24, 2.45) is 5.73 Å². The lowest BCUT2D eigenvalue weighted by Crippen LogP contribution is -2.17. The first-order chi connectivity index (χ1) is 11.1. The third kappa shape index (κ3) is 5.38. The summed E-state index contributed by atoms with van der Waals surface area (Å²) in [6, 6.07) is 6.19. The second-order valence-corrected chi connectivity index (χ2v) is 6.82. The summed E-state index contributed by atoms with van der Waals surface area (Å²) in [4.78, 5) is 4.37. The zero-order valence-electron chi connectivity index (χ0n) is 13.3. The fraction of sp³-hybridized carbons (Fsp3) is 0.278. The van der Waals surface area contributed by atoms with Crippen LogP contribution in [0.5, 0.6) is 0 Å². The first-order valence-electron chi connectivity index (χ1n) is 7.26. The Morgan fingerprint density at radius 2 is 1.88 bits per heavy atom. The topological polar surface area (TPSA) is 59.1 Å². The minimum atomic E-state index is -1.13. The molecule has 6 heteroatoms. The molecule has 3 N–H and O–H groups in total. The van der Waals surface area contributed by atoms with Crippen LogP contribution in [0, 0.1) is 23.5 Å². The van der Waals surface area contributed by atoms with Gasteiger partial charge in [-0.25, -0.2) is 13.8 Å². The molecule has 0 saturated heterocycles. The van der Waals surface area contributed by atoms with E-state index in [1.807, 2.05) is 0 Å². The minimum absolute atomic E-state index is 0.225. The van der Waals surface area contributed by atoms with Crippen molar-refractivity contribution in [3.05, 3.63) is 63.4 Å². The Bertz CT molecular complexity index is 787. The van der Waals surface area contributed by atoms with Gasteiger partial charge in [0.1, 0.15) is 22.9 Å². The normalized spacial score (nSPS) is 12.5. The molecule has 126 valence electrons. The molecule has 0 aliphatic carbocycles. The summed E-state index contributed by atoms with van der Waals surface area (Å²) >= 11 is 3.38. The maximum absolute atomic E-state index is 13.3. The van der Waals surface area contributed by atoms with Crippen molar-refractivity contribution in [1.29, 1.82) is 0 Å². The molecular formula is C18H17BrF2N2O. The number of hydrogen-bond acceptors (Lipinski definition) is 3. The van der Waals surface area contributed by atoms with Crippen LogP contribution in [0.25, 0.3) is 0 Å². The van der Waals surface area contributed by atoms with Crippen LogP contribution in [0.2, 0.25) is 0 Å². The molecule has 0 fully saturated rings. The standard InChI is InChI=1S/C18H17BrF2N2O/c1-18(2,24)6-5-14-3-4-15(19)17(23-14)16(22)9-11-7-12(20)10-13(21)8-11/h3-4,7-8,10,16,24H,9,22H2,1-2H3. The summed E-state index contributed by atoms with van der Waals surface area (Å²) in [6.45, 7) is 3.15. The second kappa shape index (κ2) is 7.39. The van der Waals surface area contributed by atoms with Crippen molar-refractivity contribution in [2.45, 2.75) is 31.9 Å². The number of aliphatic hydroxyl groups is 1. The molecule has 0 spiro atoms. The monoisotopic (exact) mass is 394 g/mol. The van der Waals surface area contributed by atoms with Gasteiger partial charge < -0.3 is 10.8 Å². The maximum atomic E-state index is 13.3. The van der Waals surface area contributed by atoms with Crippen molar-refractivity contribution < 1.29 is 13.9 Å². The van der Waals surface area contributed by atoms with Crippen molar-refractivity contribution in [1.82, 2.24) is 4.98 Å². The van der Waals surface area contributed by atoms with Crippen LogP contribution in [0.4, 0.5) is 8.78 Å². The van der Waals surface area contributed by atoms with E-state index in [0.717, 1.165) is 6.07 Å². The molecule has 24 heavy (non-hydrogen) atoms. The molecule has 0 saturated carbocycles. The summed E-state index contributed by atoms with van der Waals surface area (Å²) in [5, 5.41) is 9.65. The van der Waals surface area contributed by atoms with Gasteiger partial charge in [0, 0.05) is 10.5 Å². The van der Waals surface area contributed by atoms with Gasteiger partial charge in [0.15, 0.2) is 0 Å². The molecule has 1 heterocycles. The Balaban J connectivity index is 2.27. The van der Waals surface area contributed by atoms with Crippen LogP contribution in [0.1, 0.15) is 36.8 Å². The molecule has 3 nitrogen and oxygen atoms in total. The highest BCUT2D eigenvalue weighted by Gasteiger charge is 2.15. The summed E-state index contributed by atoms with van der Waals surface area (Å²) in [6.07, 6.45) is 0.225. The number of pyridine rings is 1. The van der Waals surface area contributed by atoms with Gasteiger partial charge in [0.25, 0.3) is 0 Å². The van der Waals surface area contributed by atoms with Crippen LogP contribution in [0.3, 0.4) is 0 Å². The molecule has 2 aromatic rings. The van der Waals surface area contributed by atoms with Crippen LogP contribution in [-0.4, -0.2) is 15.7 Å². The first kappa shape index (κ1) is 18.5. The fourth-order valence-electron chi connectivity index (χ4n) is 2.08. The van der Waals surface area contributed by atoms with Crippen molar-refractivity contribution in [3.63, 3.8) is 0 Å². The lowest BCUT2D eigenvalue weighted by atomic mass is 10.0. The van der Waals surface area contributed by atoms with Crippen LogP contribution < -0.4 is 5.73 Å². The lowest BCUT2D eigenvalue weighted by molar-refractivity contribution is 0.143. The largest absolute Gasteiger partial charge is 0.378 e. The number of nitrogens with two attached hydrogens (primary N) is 1. The zero-order chi connectivity index (χ0) is 17.9. The molecule has 1 atom stereocenters. The minimum Gasteiger partial charge on any atom is -0.378 e. The Labute approximate surface area is 148 Å². The van der Waals surface area contributed by atoms with E-state index in [4.69, 9.17) is 5.73 Å². The van der Waals surface area contributed by atoms with E-state index < -0.39 is 23.3 Å². The van der Waals surface area contributed by atoms with Gasteiger partial charge in [0.05, 0.1) is 11.7 Å². The van der Waals surface area contributed by atoms with Crippen LogP contribution in [-0.2, 0) is 6.42 Å². The summed E-state index contributed by atoms with van der Waals surface area (Å²) < 4.78 is 27.3. The summed E-state index contributed by atoms with van der Waals surface area (Å²) in [5.74, 6) is 4.17. The van der Waals surface area contributed by atoms with Gasteiger partial charge in [-0.05, 0) is 71.9 Å². The maximum Gasteiger partial charge on any atom is 0.126 e. The van der Waals surface area contributed by atoms with Gasteiger partial charge in [-0.2, -0.15) is 0 Å².